The fourth-order valence-electron chi connectivity index (χ4n) is 9.20. The smallest absolute Gasteiger partial charge is 0.220 e. The molecule has 16 heteroatoms. The van der Waals surface area contributed by atoms with E-state index >= 15 is 0 Å². The molecule has 0 aromatic heterocycles. The highest BCUT2D eigenvalue weighted by atomic mass is 32.1. The van der Waals surface area contributed by atoms with Crippen LogP contribution < -0.4 is 43.0 Å². The lowest BCUT2D eigenvalue weighted by atomic mass is 9.83. The van der Waals surface area contributed by atoms with E-state index < -0.39 is 0 Å². The van der Waals surface area contributed by atoms with Crippen LogP contribution in [0.15, 0.2) is 19.2 Å². The van der Waals surface area contributed by atoms with Crippen molar-refractivity contribution in [3.63, 3.8) is 0 Å². The monoisotopic (exact) mass is 1130 g/mol. The van der Waals surface area contributed by atoms with Crippen molar-refractivity contribution in [2.24, 2.45) is 0 Å². The lowest BCUT2D eigenvalue weighted by Crippen LogP contribution is -2.30. The molecule has 0 bridgehead atoms. The van der Waals surface area contributed by atoms with Crippen LogP contribution in [0.1, 0.15) is 185 Å². The fraction of sp³-hybridized carbons (Fsp3) is 0.733. The Labute approximate surface area is 481 Å². The Balaban J connectivity index is 0.000000507. The lowest BCUT2D eigenvalue weighted by Gasteiger charge is -2.26. The van der Waals surface area contributed by atoms with Gasteiger partial charge in [-0.2, -0.15) is 0 Å². The van der Waals surface area contributed by atoms with Crippen molar-refractivity contribution in [2.45, 2.75) is 185 Å². The molecule has 0 aliphatic carbocycles. The molecule has 0 fully saturated rings. The summed E-state index contributed by atoms with van der Waals surface area (Å²) >= 11 is 20.6. The van der Waals surface area contributed by atoms with E-state index in [2.05, 4.69) is 180 Å². The molecule has 0 heterocycles. The van der Waals surface area contributed by atoms with Crippen LogP contribution in [-0.2, 0) is 21.7 Å². The van der Waals surface area contributed by atoms with Gasteiger partial charge < -0.3 is 40.9 Å². The third kappa shape index (κ3) is 21.6. The van der Waals surface area contributed by atoms with Crippen LogP contribution in [0.4, 0.5) is 22.7 Å². The number of nitrogens with one attached hydrogen (secondary N) is 4. The van der Waals surface area contributed by atoms with Crippen molar-refractivity contribution < 1.29 is 0 Å². The van der Waals surface area contributed by atoms with E-state index in [1.165, 1.54) is 12.8 Å². The third-order valence-electron chi connectivity index (χ3n) is 13.6. The normalized spacial score (nSPS) is 12.3. The zero-order valence-corrected chi connectivity index (χ0v) is 54.5. The molecular weight excluding hydrogens is 1020 g/mol. The third-order valence-corrected chi connectivity index (χ3v) is 15.2. The average Bonchev–Trinajstić information content (AvgIpc) is 3.33. The van der Waals surface area contributed by atoms with Gasteiger partial charge in [-0.15, -0.1) is 0 Å². The first kappa shape index (κ1) is 71.1. The van der Waals surface area contributed by atoms with E-state index in [0.29, 0.717) is 18.0 Å². The molecule has 0 amide bonds. The van der Waals surface area contributed by atoms with Gasteiger partial charge in [0.25, 0.3) is 0 Å². The Hall–Kier alpha value is -2.96. The van der Waals surface area contributed by atoms with Crippen molar-refractivity contribution in [3.05, 3.63) is 81.2 Å². The molecule has 0 aliphatic heterocycles. The highest BCUT2D eigenvalue weighted by molar-refractivity contribution is 7.72. The topological polar surface area (TPSA) is 129 Å². The fourth-order valence-corrected chi connectivity index (χ4v) is 11.2. The molecule has 0 spiro atoms. The molecule has 4 aromatic rings. The second-order valence-electron chi connectivity index (χ2n) is 24.4. The summed E-state index contributed by atoms with van der Waals surface area (Å²) in [5.41, 5.74) is 6.95. The van der Waals surface area contributed by atoms with Gasteiger partial charge in [0.2, 0.25) is 21.7 Å². The van der Waals surface area contributed by atoms with Crippen LogP contribution in [0.25, 0.3) is 0 Å². The summed E-state index contributed by atoms with van der Waals surface area (Å²) in [6.45, 7) is 52.3. The predicted octanol–water partition coefficient (Wildman–Crippen LogP) is 12.4. The molecule has 0 saturated heterocycles. The van der Waals surface area contributed by atoms with Gasteiger partial charge in [-0.3, -0.25) is 19.2 Å². The van der Waals surface area contributed by atoms with Crippen LogP contribution in [0.3, 0.4) is 0 Å². The Morgan fingerprint density at radius 1 is 0.342 bits per heavy atom. The number of hydrogen-bond donors (Lipinski definition) is 4. The lowest BCUT2D eigenvalue weighted by molar-refractivity contribution is 0.288. The molecule has 76 heavy (non-hydrogen) atoms. The van der Waals surface area contributed by atoms with E-state index in [9.17, 15) is 19.2 Å². The minimum atomic E-state index is -0.0506. The number of hydrogen-bond acceptors (Lipinski definition) is 16. The van der Waals surface area contributed by atoms with Gasteiger partial charge in [0, 0.05) is 48.4 Å². The summed E-state index contributed by atoms with van der Waals surface area (Å²) in [6, 6.07) is 0. The first-order valence-electron chi connectivity index (χ1n) is 28.3. The minimum absolute atomic E-state index is 0.0128. The molecule has 0 radical (unpaired) electrons. The second kappa shape index (κ2) is 33.0. The molecule has 432 valence electrons. The van der Waals surface area contributed by atoms with Gasteiger partial charge in [0.15, 0.2) is 0 Å². The standard InChI is InChI=1S/C16H28N2OS.2C15H26N2OS.C14H24N2OS/c1-6-10-18(7-2)11-8-9-17-13-12(16(3,4)5)15(20)14(13)19;1-6-9-17(5)10-7-8-16-12-11(15(2,3)4)14(19)13(12)18;1-6-17(7-2)10-8-9-16-12-11(15(3,4)5)14(19)13(12)18;1-6-16(5)9-7-8-15-11-10(14(2,3)4)13(18)12(11)17/h17H,6-11H2,1-5H3;2*16H,6-10H2,1-5H3;15H,6-9H2,1-5H3. The first-order chi connectivity index (χ1) is 35.2. The zero-order chi connectivity index (χ0) is 58.5. The van der Waals surface area contributed by atoms with Crippen molar-refractivity contribution in [2.75, 3.05) is 127 Å². The number of nitrogens with zero attached hydrogens (tertiary/aromatic N) is 4. The van der Waals surface area contributed by atoms with Crippen molar-refractivity contribution >= 4 is 71.6 Å². The minimum Gasteiger partial charge on any atom is -0.382 e. The van der Waals surface area contributed by atoms with Crippen LogP contribution in [0, 0.1) is 18.0 Å². The molecule has 4 rings (SSSR count). The van der Waals surface area contributed by atoms with E-state index in [1.54, 1.807) is 0 Å². The van der Waals surface area contributed by atoms with Crippen LogP contribution in [-0.4, -0.2) is 125 Å². The zero-order valence-electron chi connectivity index (χ0n) is 51.2. The maximum atomic E-state index is 11.8. The Bertz CT molecular complexity index is 2650. The number of rotatable bonds is 28. The summed E-state index contributed by atoms with van der Waals surface area (Å²) in [7, 11) is 4.23. The van der Waals surface area contributed by atoms with Crippen molar-refractivity contribution in [1.82, 2.24) is 19.6 Å². The number of anilines is 4. The van der Waals surface area contributed by atoms with E-state index in [0.717, 1.165) is 162 Å². The van der Waals surface area contributed by atoms with E-state index in [4.69, 9.17) is 48.9 Å². The average molecular weight is 1130 g/mol. The summed E-state index contributed by atoms with van der Waals surface area (Å²) in [4.78, 5) is 56.5. The van der Waals surface area contributed by atoms with Gasteiger partial charge in [-0.25, -0.2) is 0 Å². The van der Waals surface area contributed by atoms with Crippen LogP contribution in [0.5, 0.6) is 0 Å². The van der Waals surface area contributed by atoms with Gasteiger partial charge in [-0.05, 0) is 140 Å². The largest absolute Gasteiger partial charge is 0.382 e. The van der Waals surface area contributed by atoms with Gasteiger partial charge in [-0.1, -0.05) is 173 Å². The summed E-state index contributed by atoms with van der Waals surface area (Å²) < 4.78 is 2.05. The SMILES string of the molecule is CCCN(C)CCCNc1c(C(C)(C)C)c(=S)c1=O.CCCN(CC)CCCNc1c(C(C)(C)C)c(=S)c1=O.CCN(C)CCCNc1c(C(C)(C)C)c(=S)c1=O.CCN(CC)CCCNc1c(C(C)(C)C)c(=S)c1=O. The quantitative estimate of drug-likeness (QED) is 0.0318. The second-order valence-corrected chi connectivity index (χ2v) is 26.0. The maximum Gasteiger partial charge on any atom is 0.220 e. The Morgan fingerprint density at radius 2 is 0.592 bits per heavy atom. The molecule has 0 aliphatic rings. The molecule has 0 atom stereocenters. The maximum absolute atomic E-state index is 11.8. The summed E-state index contributed by atoms with van der Waals surface area (Å²) in [6.07, 6.45) is 6.53. The molecule has 0 saturated carbocycles. The van der Waals surface area contributed by atoms with E-state index in [-0.39, 0.29) is 43.4 Å². The van der Waals surface area contributed by atoms with Crippen LogP contribution in [0.2, 0.25) is 0 Å². The van der Waals surface area contributed by atoms with Gasteiger partial charge in [0.1, 0.15) is 0 Å². The Kier molecular flexibility index (Phi) is 30.8. The highest BCUT2D eigenvalue weighted by Gasteiger charge is 2.30. The molecule has 0 unspecified atom stereocenters. The van der Waals surface area contributed by atoms with Gasteiger partial charge >= 0.3 is 0 Å². The Morgan fingerprint density at radius 3 is 0.829 bits per heavy atom. The molecule has 4 N–H and O–H groups in total. The van der Waals surface area contributed by atoms with Crippen molar-refractivity contribution in [1.29, 1.82) is 0 Å². The summed E-state index contributed by atoms with van der Waals surface area (Å²) in [5.74, 6) is 0. The van der Waals surface area contributed by atoms with E-state index in [1.807, 2.05) is 0 Å². The molecule has 4 aromatic carbocycles. The molecular formula is C60H104N8O4S4. The molecule has 12 nitrogen and oxygen atoms in total. The predicted molar refractivity (Wildman–Crippen MR) is 342 cm³/mol. The highest BCUT2D eigenvalue weighted by Crippen LogP contribution is 2.34. The summed E-state index contributed by atoms with van der Waals surface area (Å²) in [5, 5.41) is 13.1. The van der Waals surface area contributed by atoms with Gasteiger partial charge in [0.05, 0.1) is 40.8 Å². The first-order valence-corrected chi connectivity index (χ1v) is 30.0. The van der Waals surface area contributed by atoms with Crippen molar-refractivity contribution in [3.8, 4) is 0 Å². The van der Waals surface area contributed by atoms with Crippen LogP contribution >= 0.6 is 48.9 Å².